The molecule has 2 unspecified atom stereocenters. The number of unbranched alkanes of at least 4 members (excludes halogenated alkanes) is 19. The van der Waals surface area contributed by atoms with Crippen molar-refractivity contribution in [2.45, 2.75) is 180 Å². The fourth-order valence-corrected chi connectivity index (χ4v) is 5.86. The van der Waals surface area contributed by atoms with Crippen LogP contribution in [0.5, 0.6) is 0 Å². The maximum absolute atomic E-state index is 12.4. The molecule has 0 saturated heterocycles. The van der Waals surface area contributed by atoms with Gasteiger partial charge in [-0.1, -0.05) is 153 Å². The van der Waals surface area contributed by atoms with Crippen molar-refractivity contribution in [3.05, 3.63) is 36.5 Å². The number of aliphatic hydroxyl groups excluding tert-OH is 1. The molecule has 43 heavy (non-hydrogen) atoms. The molecule has 1 amide bonds. The first-order valence-corrected chi connectivity index (χ1v) is 19.3. The summed E-state index contributed by atoms with van der Waals surface area (Å²) in [6.45, 7) is 4.48. The van der Waals surface area contributed by atoms with E-state index in [0.717, 1.165) is 38.5 Å². The Hall–Kier alpha value is -1.44. The summed E-state index contributed by atoms with van der Waals surface area (Å²) in [5.74, 6) is -1.01. The molecule has 0 aromatic rings. The van der Waals surface area contributed by atoms with Crippen LogP contribution in [0.2, 0.25) is 0 Å². The van der Waals surface area contributed by atoms with Gasteiger partial charge in [-0.2, -0.15) is 8.42 Å². The molecule has 0 aromatic carbocycles. The number of hydrogen-bond donors (Lipinski definition) is 3. The fraction of sp³-hybridized carbons (Fsp3) is 0.806. The van der Waals surface area contributed by atoms with E-state index in [1.165, 1.54) is 109 Å². The number of rotatable bonds is 31. The Kier molecular flexibility index (Phi) is 29.6. The summed E-state index contributed by atoms with van der Waals surface area (Å²) < 4.78 is 32.3. The molecule has 2 atom stereocenters. The van der Waals surface area contributed by atoms with E-state index >= 15 is 0 Å². The summed E-state index contributed by atoms with van der Waals surface area (Å²) in [6.07, 6.45) is 38.4. The Bertz CT molecular complexity index is 821. The lowest BCUT2D eigenvalue weighted by atomic mass is 10.0. The molecular weight excluding hydrogens is 558 g/mol. The Balaban J connectivity index is 4.10. The van der Waals surface area contributed by atoms with Crippen molar-refractivity contribution in [3.8, 4) is 0 Å². The van der Waals surface area contributed by atoms with Crippen LogP contribution in [0, 0.1) is 0 Å². The van der Waals surface area contributed by atoms with E-state index < -0.39 is 28.0 Å². The van der Waals surface area contributed by atoms with Gasteiger partial charge in [-0.25, -0.2) is 0 Å². The molecule has 3 N–H and O–H groups in total. The summed E-state index contributed by atoms with van der Waals surface area (Å²) in [4.78, 5) is 12.4. The summed E-state index contributed by atoms with van der Waals surface area (Å²) >= 11 is 0. The SMILES string of the molecule is CCCCCCCC/C=C/CC/C=C/CC/C=C/C(O)C(CS(=O)(=O)O)NC(=O)CCCCCCCCCCCCCC. The van der Waals surface area contributed by atoms with E-state index in [1.54, 1.807) is 6.08 Å². The van der Waals surface area contributed by atoms with Crippen molar-refractivity contribution in [2.24, 2.45) is 0 Å². The Morgan fingerprint density at radius 1 is 0.605 bits per heavy atom. The van der Waals surface area contributed by atoms with Crippen LogP contribution in [0.4, 0.5) is 0 Å². The zero-order chi connectivity index (χ0) is 31.9. The lowest BCUT2D eigenvalue weighted by molar-refractivity contribution is -0.122. The number of aliphatic hydroxyl groups is 1. The van der Waals surface area contributed by atoms with Crippen LogP contribution in [0.15, 0.2) is 36.5 Å². The van der Waals surface area contributed by atoms with Crippen LogP contribution in [0.1, 0.15) is 168 Å². The van der Waals surface area contributed by atoms with Crippen molar-refractivity contribution in [3.63, 3.8) is 0 Å². The first kappa shape index (κ1) is 41.6. The number of carbonyl (C=O) groups excluding carboxylic acids is 1. The van der Waals surface area contributed by atoms with Crippen molar-refractivity contribution >= 4 is 16.0 Å². The summed E-state index contributed by atoms with van der Waals surface area (Å²) in [6, 6.07) is -1.07. The largest absolute Gasteiger partial charge is 0.387 e. The van der Waals surface area contributed by atoms with E-state index in [-0.39, 0.29) is 12.3 Å². The molecule has 6 nitrogen and oxygen atoms in total. The highest BCUT2D eigenvalue weighted by molar-refractivity contribution is 7.85. The molecule has 0 heterocycles. The Labute approximate surface area is 266 Å². The quantitative estimate of drug-likeness (QED) is 0.0404. The van der Waals surface area contributed by atoms with Gasteiger partial charge in [-0.05, 0) is 44.9 Å². The van der Waals surface area contributed by atoms with Crippen molar-refractivity contribution in [1.82, 2.24) is 5.32 Å². The first-order chi connectivity index (χ1) is 20.8. The number of carbonyl (C=O) groups is 1. The van der Waals surface area contributed by atoms with Gasteiger partial charge in [0.25, 0.3) is 10.1 Å². The van der Waals surface area contributed by atoms with E-state index in [9.17, 15) is 22.9 Å². The highest BCUT2D eigenvalue weighted by Gasteiger charge is 2.24. The molecule has 0 rings (SSSR count). The van der Waals surface area contributed by atoms with Gasteiger partial charge in [0.15, 0.2) is 0 Å². The lowest BCUT2D eigenvalue weighted by Gasteiger charge is -2.21. The predicted octanol–water partition coefficient (Wildman–Crippen LogP) is 9.79. The molecule has 0 fully saturated rings. The molecule has 0 aromatic heterocycles. The number of hydrogen-bond acceptors (Lipinski definition) is 4. The van der Waals surface area contributed by atoms with Crippen LogP contribution < -0.4 is 5.32 Å². The van der Waals surface area contributed by atoms with E-state index in [2.05, 4.69) is 43.5 Å². The second-order valence-corrected chi connectivity index (χ2v) is 13.6. The zero-order valence-electron chi connectivity index (χ0n) is 27.8. The molecule has 0 aliphatic heterocycles. The van der Waals surface area contributed by atoms with E-state index in [1.807, 2.05) is 0 Å². The van der Waals surface area contributed by atoms with Gasteiger partial charge in [-0.15, -0.1) is 0 Å². The molecule has 0 aliphatic rings. The Morgan fingerprint density at radius 2 is 1.00 bits per heavy atom. The Morgan fingerprint density at radius 3 is 1.47 bits per heavy atom. The highest BCUT2D eigenvalue weighted by Crippen LogP contribution is 2.13. The van der Waals surface area contributed by atoms with Crippen LogP contribution in [0.3, 0.4) is 0 Å². The van der Waals surface area contributed by atoms with E-state index in [0.29, 0.717) is 6.42 Å². The molecule has 0 bridgehead atoms. The average molecular weight is 626 g/mol. The van der Waals surface area contributed by atoms with Gasteiger partial charge in [0.2, 0.25) is 5.91 Å². The minimum atomic E-state index is -4.35. The average Bonchev–Trinajstić information content (AvgIpc) is 2.96. The number of nitrogens with one attached hydrogen (secondary N) is 1. The predicted molar refractivity (Wildman–Crippen MR) is 184 cm³/mol. The van der Waals surface area contributed by atoms with Crippen LogP contribution in [-0.4, -0.2) is 41.9 Å². The third kappa shape index (κ3) is 31.8. The van der Waals surface area contributed by atoms with Crippen molar-refractivity contribution in [2.75, 3.05) is 5.75 Å². The van der Waals surface area contributed by atoms with Gasteiger partial charge >= 0.3 is 0 Å². The zero-order valence-corrected chi connectivity index (χ0v) is 28.6. The third-order valence-electron chi connectivity index (χ3n) is 7.80. The third-order valence-corrected chi connectivity index (χ3v) is 8.58. The standard InChI is InChI=1S/C36H67NO5S/c1-3-5-7-9-11-13-15-17-18-19-20-21-23-25-27-29-31-35(38)34(33-43(40,41)42)37-36(39)32-30-28-26-24-22-16-14-12-10-8-6-4-2/h17-18,21,23,29,31,34-35,38H,3-16,19-20,22,24-28,30,32-33H2,1-2H3,(H,37,39)(H,40,41,42)/b18-17+,23-21+,31-29+. The molecule has 0 aliphatic carbocycles. The molecule has 0 radical (unpaired) electrons. The van der Waals surface area contributed by atoms with E-state index in [4.69, 9.17) is 0 Å². The second-order valence-electron chi connectivity index (χ2n) is 12.1. The first-order valence-electron chi connectivity index (χ1n) is 17.7. The van der Waals surface area contributed by atoms with Crippen LogP contribution in [0.25, 0.3) is 0 Å². The number of amides is 1. The molecule has 252 valence electrons. The summed E-state index contributed by atoms with van der Waals surface area (Å²) in [5, 5.41) is 13.1. The monoisotopic (exact) mass is 625 g/mol. The van der Waals surface area contributed by atoms with Crippen LogP contribution >= 0.6 is 0 Å². The summed E-state index contributed by atoms with van der Waals surface area (Å²) in [7, 11) is -4.35. The smallest absolute Gasteiger partial charge is 0.267 e. The molecule has 7 heteroatoms. The maximum Gasteiger partial charge on any atom is 0.267 e. The topological polar surface area (TPSA) is 104 Å². The number of allylic oxidation sites excluding steroid dienone is 5. The van der Waals surface area contributed by atoms with Gasteiger partial charge < -0.3 is 10.4 Å². The summed E-state index contributed by atoms with van der Waals surface area (Å²) in [5.41, 5.74) is 0. The molecule has 0 saturated carbocycles. The van der Waals surface area contributed by atoms with Gasteiger partial charge in [0.1, 0.15) is 0 Å². The minimum absolute atomic E-state index is 0.287. The maximum atomic E-state index is 12.4. The molecule has 0 spiro atoms. The second kappa shape index (κ2) is 30.6. The fourth-order valence-electron chi connectivity index (χ4n) is 5.13. The van der Waals surface area contributed by atoms with Gasteiger partial charge in [0, 0.05) is 6.42 Å². The van der Waals surface area contributed by atoms with Crippen molar-refractivity contribution in [1.29, 1.82) is 0 Å². The minimum Gasteiger partial charge on any atom is -0.387 e. The van der Waals surface area contributed by atoms with Crippen molar-refractivity contribution < 1.29 is 22.9 Å². The van der Waals surface area contributed by atoms with Gasteiger partial charge in [0.05, 0.1) is 17.9 Å². The normalized spacial score (nSPS) is 13.9. The van der Waals surface area contributed by atoms with Gasteiger partial charge in [-0.3, -0.25) is 9.35 Å². The highest BCUT2D eigenvalue weighted by atomic mass is 32.2. The lowest BCUT2D eigenvalue weighted by Crippen LogP contribution is -2.46. The molecular formula is C36H67NO5S. The van der Waals surface area contributed by atoms with Crippen LogP contribution in [-0.2, 0) is 14.9 Å².